The molecule has 0 bridgehead atoms. The van der Waals surface area contributed by atoms with Gasteiger partial charge >= 0.3 is 5.97 Å². The maximum atomic E-state index is 12.9. The molecule has 4 rings (SSSR count). The van der Waals surface area contributed by atoms with Gasteiger partial charge in [-0.05, 0) is 73.5 Å². The largest absolute Gasteiger partial charge is 0.449 e. The standard InChI is InChI=1S/C26H21ClN2O5/c1-3-16-4-9-19(10-5-16)28-23(30)15(2)34-26(33)17-6-13-21-22(14-17)25(32)29(24(21)31)20-11-7-18(27)8-12-20/h4-15H,3H2,1-2H3,(H,28,30)/t15-/m1/s1. The Labute approximate surface area is 201 Å². The normalized spacial score (nSPS) is 13.4. The fourth-order valence-corrected chi connectivity index (χ4v) is 3.67. The Morgan fingerprint density at radius 1 is 0.941 bits per heavy atom. The van der Waals surface area contributed by atoms with E-state index < -0.39 is 29.8 Å². The lowest BCUT2D eigenvalue weighted by molar-refractivity contribution is -0.123. The number of amides is 3. The van der Waals surface area contributed by atoms with Crippen LogP contribution in [-0.2, 0) is 16.0 Å². The second-order valence-corrected chi connectivity index (χ2v) is 8.21. The smallest absolute Gasteiger partial charge is 0.338 e. The molecule has 7 nitrogen and oxygen atoms in total. The first-order chi connectivity index (χ1) is 16.3. The molecule has 1 atom stereocenters. The van der Waals surface area contributed by atoms with E-state index in [9.17, 15) is 19.2 Å². The average Bonchev–Trinajstić information content (AvgIpc) is 3.09. The van der Waals surface area contributed by atoms with Crippen LogP contribution in [0.1, 0.15) is 50.5 Å². The van der Waals surface area contributed by atoms with Gasteiger partial charge in [0.2, 0.25) is 0 Å². The van der Waals surface area contributed by atoms with E-state index in [4.69, 9.17) is 16.3 Å². The van der Waals surface area contributed by atoms with Crippen molar-refractivity contribution in [1.82, 2.24) is 0 Å². The number of hydrogen-bond acceptors (Lipinski definition) is 5. The third kappa shape index (κ3) is 4.56. The molecular weight excluding hydrogens is 456 g/mol. The van der Waals surface area contributed by atoms with E-state index in [0.29, 0.717) is 16.4 Å². The summed E-state index contributed by atoms with van der Waals surface area (Å²) in [5.74, 6) is -2.32. The number of carbonyl (C=O) groups excluding carboxylic acids is 4. The van der Waals surface area contributed by atoms with Gasteiger partial charge in [-0.3, -0.25) is 14.4 Å². The summed E-state index contributed by atoms with van der Waals surface area (Å²) in [6.45, 7) is 3.49. The third-order valence-electron chi connectivity index (χ3n) is 5.49. The molecule has 0 fully saturated rings. The Kier molecular flexibility index (Phi) is 6.47. The number of aryl methyl sites for hydroxylation is 1. The summed E-state index contributed by atoms with van der Waals surface area (Å²) in [5.41, 5.74) is 2.42. The molecule has 0 radical (unpaired) electrons. The van der Waals surface area contributed by atoms with E-state index in [1.807, 2.05) is 19.1 Å². The number of fused-ring (bicyclic) bond motifs is 1. The number of hydrogen-bond donors (Lipinski definition) is 1. The molecule has 1 aliphatic rings. The first-order valence-electron chi connectivity index (χ1n) is 10.7. The zero-order valence-electron chi connectivity index (χ0n) is 18.5. The Morgan fingerprint density at radius 2 is 1.59 bits per heavy atom. The van der Waals surface area contributed by atoms with E-state index in [2.05, 4.69) is 5.32 Å². The molecule has 0 aromatic heterocycles. The van der Waals surface area contributed by atoms with Crippen molar-refractivity contribution in [2.24, 2.45) is 0 Å². The van der Waals surface area contributed by atoms with Crippen molar-refractivity contribution in [2.75, 3.05) is 10.2 Å². The zero-order chi connectivity index (χ0) is 24.4. The molecule has 0 saturated carbocycles. The number of benzene rings is 3. The van der Waals surface area contributed by atoms with Crippen molar-refractivity contribution in [1.29, 1.82) is 0 Å². The molecule has 0 spiro atoms. The molecular formula is C26H21ClN2O5. The van der Waals surface area contributed by atoms with Crippen molar-refractivity contribution >= 4 is 46.7 Å². The highest BCUT2D eigenvalue weighted by atomic mass is 35.5. The van der Waals surface area contributed by atoms with Gasteiger partial charge in [-0.1, -0.05) is 30.7 Å². The predicted molar refractivity (Wildman–Crippen MR) is 128 cm³/mol. The average molecular weight is 477 g/mol. The molecule has 3 aromatic carbocycles. The summed E-state index contributed by atoms with van der Waals surface area (Å²) in [6.07, 6.45) is -0.191. The van der Waals surface area contributed by atoms with Crippen molar-refractivity contribution in [3.8, 4) is 0 Å². The molecule has 1 aliphatic heterocycles. The van der Waals surface area contributed by atoms with Crippen molar-refractivity contribution < 1.29 is 23.9 Å². The van der Waals surface area contributed by atoms with Crippen molar-refractivity contribution in [3.05, 3.63) is 94.0 Å². The van der Waals surface area contributed by atoms with E-state index in [1.54, 1.807) is 36.4 Å². The molecule has 0 aliphatic carbocycles. The summed E-state index contributed by atoms with van der Waals surface area (Å²) in [6, 6.07) is 17.8. The highest BCUT2D eigenvalue weighted by molar-refractivity contribution is 6.35. The summed E-state index contributed by atoms with van der Waals surface area (Å²) >= 11 is 5.89. The van der Waals surface area contributed by atoms with Gasteiger partial charge in [0.1, 0.15) is 0 Å². The fourth-order valence-electron chi connectivity index (χ4n) is 3.54. The van der Waals surface area contributed by atoms with Gasteiger partial charge in [-0.25, -0.2) is 9.69 Å². The minimum absolute atomic E-state index is 0.0600. The van der Waals surface area contributed by atoms with Gasteiger partial charge in [0.25, 0.3) is 17.7 Å². The molecule has 8 heteroatoms. The molecule has 0 unspecified atom stereocenters. The second-order valence-electron chi connectivity index (χ2n) is 7.77. The molecule has 3 aromatic rings. The Hall–Kier alpha value is -3.97. The molecule has 172 valence electrons. The van der Waals surface area contributed by atoms with E-state index >= 15 is 0 Å². The number of halogens is 1. The summed E-state index contributed by atoms with van der Waals surface area (Å²) < 4.78 is 5.29. The fraction of sp³-hybridized carbons (Fsp3) is 0.154. The number of ether oxygens (including phenoxy) is 1. The van der Waals surface area contributed by atoms with E-state index in [1.165, 1.54) is 25.1 Å². The zero-order valence-corrected chi connectivity index (χ0v) is 19.3. The van der Waals surface area contributed by atoms with Crippen LogP contribution in [0.15, 0.2) is 66.7 Å². The number of esters is 1. The molecule has 34 heavy (non-hydrogen) atoms. The van der Waals surface area contributed by atoms with Crippen LogP contribution in [0.4, 0.5) is 11.4 Å². The van der Waals surface area contributed by atoms with Gasteiger partial charge < -0.3 is 10.1 Å². The van der Waals surface area contributed by atoms with Crippen LogP contribution in [0.25, 0.3) is 0 Å². The van der Waals surface area contributed by atoms with E-state index in [-0.39, 0.29) is 16.7 Å². The summed E-state index contributed by atoms with van der Waals surface area (Å²) in [4.78, 5) is 51.8. The lowest BCUT2D eigenvalue weighted by Gasteiger charge is -2.14. The summed E-state index contributed by atoms with van der Waals surface area (Å²) in [5, 5.41) is 3.17. The van der Waals surface area contributed by atoms with Gasteiger partial charge in [0.15, 0.2) is 6.10 Å². The highest BCUT2D eigenvalue weighted by Crippen LogP contribution is 2.30. The van der Waals surface area contributed by atoms with Gasteiger partial charge in [0.05, 0.1) is 22.4 Å². The maximum Gasteiger partial charge on any atom is 0.338 e. The number of rotatable bonds is 6. The van der Waals surface area contributed by atoms with Crippen LogP contribution in [0, 0.1) is 0 Å². The van der Waals surface area contributed by atoms with Gasteiger partial charge in [-0.15, -0.1) is 0 Å². The Bertz CT molecular complexity index is 1290. The monoisotopic (exact) mass is 476 g/mol. The lowest BCUT2D eigenvalue weighted by Crippen LogP contribution is -2.30. The molecule has 1 heterocycles. The minimum Gasteiger partial charge on any atom is -0.449 e. The van der Waals surface area contributed by atoms with Gasteiger partial charge in [-0.2, -0.15) is 0 Å². The highest BCUT2D eigenvalue weighted by Gasteiger charge is 2.37. The van der Waals surface area contributed by atoms with Crippen LogP contribution < -0.4 is 10.2 Å². The molecule has 1 N–H and O–H groups in total. The summed E-state index contributed by atoms with van der Waals surface area (Å²) in [7, 11) is 0. The number of imide groups is 1. The van der Waals surface area contributed by atoms with Crippen LogP contribution in [-0.4, -0.2) is 29.8 Å². The molecule has 3 amide bonds. The minimum atomic E-state index is -1.07. The Balaban J connectivity index is 1.46. The SMILES string of the molecule is CCc1ccc(NC(=O)[C@@H](C)OC(=O)c2ccc3c(c2)C(=O)N(c2ccc(Cl)cc2)C3=O)cc1. The van der Waals surface area contributed by atoms with Crippen LogP contribution in [0.3, 0.4) is 0 Å². The van der Waals surface area contributed by atoms with Crippen molar-refractivity contribution in [2.45, 2.75) is 26.4 Å². The second kappa shape index (κ2) is 9.49. The topological polar surface area (TPSA) is 92.8 Å². The quantitative estimate of drug-likeness (QED) is 0.404. The molecule has 0 saturated heterocycles. The first kappa shape index (κ1) is 23.2. The Morgan fingerprint density at radius 3 is 2.24 bits per heavy atom. The van der Waals surface area contributed by atoms with Gasteiger partial charge in [0, 0.05) is 10.7 Å². The lowest BCUT2D eigenvalue weighted by atomic mass is 10.1. The van der Waals surface area contributed by atoms with Crippen LogP contribution in [0.5, 0.6) is 0 Å². The van der Waals surface area contributed by atoms with Crippen LogP contribution >= 0.6 is 11.6 Å². The first-order valence-corrected chi connectivity index (χ1v) is 11.1. The van der Waals surface area contributed by atoms with Crippen molar-refractivity contribution in [3.63, 3.8) is 0 Å². The number of nitrogens with zero attached hydrogens (tertiary/aromatic N) is 1. The van der Waals surface area contributed by atoms with E-state index in [0.717, 1.165) is 16.9 Å². The number of anilines is 2. The predicted octanol–water partition coefficient (Wildman–Crippen LogP) is 4.89. The maximum absolute atomic E-state index is 12.9. The third-order valence-corrected chi connectivity index (χ3v) is 5.74. The number of carbonyl (C=O) groups is 4. The number of nitrogens with one attached hydrogen (secondary N) is 1. The van der Waals surface area contributed by atoms with Crippen LogP contribution in [0.2, 0.25) is 5.02 Å².